The highest BCUT2D eigenvalue weighted by Crippen LogP contribution is 2.47. The molecule has 0 bridgehead atoms. The van der Waals surface area contributed by atoms with Crippen LogP contribution in [0.2, 0.25) is 0 Å². The minimum Gasteiger partial charge on any atom is -0.342 e. The molecule has 2 aromatic rings. The molecule has 1 saturated heterocycles. The Balaban J connectivity index is 1.28. The van der Waals surface area contributed by atoms with Gasteiger partial charge in [-0.25, -0.2) is 0 Å². The summed E-state index contributed by atoms with van der Waals surface area (Å²) >= 11 is 1.87. The highest BCUT2D eigenvalue weighted by Gasteiger charge is 2.24. The van der Waals surface area contributed by atoms with Crippen molar-refractivity contribution >= 4 is 29.0 Å². The molecule has 5 nitrogen and oxygen atoms in total. The van der Waals surface area contributed by atoms with Gasteiger partial charge in [0.05, 0.1) is 17.9 Å². The summed E-state index contributed by atoms with van der Waals surface area (Å²) in [5.41, 5.74) is 2.65. The summed E-state index contributed by atoms with van der Waals surface area (Å²) in [6, 6.07) is 17.5. The smallest absolute Gasteiger partial charge is 0.236 e. The topological polar surface area (TPSA) is 30.0 Å². The Morgan fingerprint density at radius 2 is 1.39 bits per heavy atom. The van der Waals surface area contributed by atoms with E-state index < -0.39 is 0 Å². The van der Waals surface area contributed by atoms with E-state index in [1.807, 2.05) is 16.7 Å². The van der Waals surface area contributed by atoms with Crippen molar-refractivity contribution < 1.29 is 4.79 Å². The summed E-state index contributed by atoms with van der Waals surface area (Å²) < 4.78 is 0. The van der Waals surface area contributed by atoms with E-state index in [0.29, 0.717) is 6.54 Å². The van der Waals surface area contributed by atoms with Gasteiger partial charge >= 0.3 is 0 Å². The van der Waals surface area contributed by atoms with Crippen LogP contribution in [-0.4, -0.2) is 79.5 Å². The van der Waals surface area contributed by atoms with Gasteiger partial charge in [0.2, 0.25) is 5.91 Å². The first-order valence-electron chi connectivity index (χ1n) is 11.6. The molecule has 4 rings (SSSR count). The van der Waals surface area contributed by atoms with E-state index in [-0.39, 0.29) is 5.91 Å². The predicted octanol–water partition coefficient (Wildman–Crippen LogP) is 4.17. The summed E-state index contributed by atoms with van der Waals surface area (Å²) in [4.78, 5) is 24.3. The van der Waals surface area contributed by atoms with Crippen molar-refractivity contribution in [2.24, 2.45) is 0 Å². The van der Waals surface area contributed by atoms with Crippen LogP contribution in [0.25, 0.3) is 0 Å². The summed E-state index contributed by atoms with van der Waals surface area (Å²) in [6.07, 6.45) is 1.13. The zero-order chi connectivity index (χ0) is 21.6. The van der Waals surface area contributed by atoms with E-state index in [4.69, 9.17) is 0 Å². The molecule has 1 amide bonds. The highest BCUT2D eigenvalue weighted by molar-refractivity contribution is 7.99. The maximum atomic E-state index is 12.4. The molecule has 0 aliphatic carbocycles. The van der Waals surface area contributed by atoms with Crippen LogP contribution in [-0.2, 0) is 4.79 Å². The fourth-order valence-electron chi connectivity index (χ4n) is 4.51. The minimum absolute atomic E-state index is 0.263. The first kappa shape index (κ1) is 22.2. The van der Waals surface area contributed by atoms with Gasteiger partial charge in [-0.2, -0.15) is 0 Å². The molecule has 0 atom stereocenters. The number of hydrogen-bond donors (Lipinski definition) is 0. The number of piperazine rings is 1. The van der Waals surface area contributed by atoms with E-state index in [1.165, 1.54) is 21.2 Å². The molecule has 6 heteroatoms. The zero-order valence-corrected chi connectivity index (χ0v) is 19.6. The number of hydrogen-bond acceptors (Lipinski definition) is 5. The minimum atomic E-state index is 0.263. The van der Waals surface area contributed by atoms with Gasteiger partial charge in [0.25, 0.3) is 0 Å². The van der Waals surface area contributed by atoms with Crippen molar-refractivity contribution in [1.29, 1.82) is 0 Å². The lowest BCUT2D eigenvalue weighted by atomic mass is 10.2. The number of carbonyl (C=O) groups is 1. The van der Waals surface area contributed by atoms with Crippen molar-refractivity contribution in [3.05, 3.63) is 48.5 Å². The number of benzene rings is 2. The Hall–Kier alpha value is -2.02. The molecule has 0 N–H and O–H groups in total. The number of rotatable bonds is 8. The molecule has 2 aromatic carbocycles. The third-order valence-electron chi connectivity index (χ3n) is 6.33. The zero-order valence-electron chi connectivity index (χ0n) is 18.8. The van der Waals surface area contributed by atoms with Gasteiger partial charge in [0.1, 0.15) is 0 Å². The van der Waals surface area contributed by atoms with Crippen LogP contribution in [0.5, 0.6) is 0 Å². The van der Waals surface area contributed by atoms with Crippen LogP contribution < -0.4 is 4.90 Å². The Labute approximate surface area is 191 Å². The molecule has 31 heavy (non-hydrogen) atoms. The lowest BCUT2D eigenvalue weighted by Crippen LogP contribution is -2.50. The second-order valence-corrected chi connectivity index (χ2v) is 9.31. The largest absolute Gasteiger partial charge is 0.342 e. The molecule has 2 aliphatic heterocycles. The molecule has 2 heterocycles. The van der Waals surface area contributed by atoms with E-state index in [1.54, 1.807) is 0 Å². The third kappa shape index (κ3) is 5.25. The van der Waals surface area contributed by atoms with Crippen LogP contribution >= 0.6 is 11.8 Å². The SMILES string of the molecule is CCN(CC)C(=O)CN1CCN(CCCN2c3ccccc3Sc3ccccc32)CC1. The quantitative estimate of drug-likeness (QED) is 0.617. The average molecular weight is 439 g/mol. The maximum Gasteiger partial charge on any atom is 0.236 e. The summed E-state index contributed by atoms with van der Waals surface area (Å²) in [5, 5.41) is 0. The van der Waals surface area contributed by atoms with Crippen LogP contribution in [0.15, 0.2) is 58.3 Å². The number of anilines is 2. The van der Waals surface area contributed by atoms with Gasteiger partial charge in [0, 0.05) is 55.6 Å². The molecule has 166 valence electrons. The van der Waals surface area contributed by atoms with E-state index in [9.17, 15) is 4.79 Å². The number of para-hydroxylation sites is 2. The molecule has 2 aliphatic rings. The van der Waals surface area contributed by atoms with Gasteiger partial charge < -0.3 is 14.7 Å². The van der Waals surface area contributed by atoms with Crippen LogP contribution in [0.1, 0.15) is 20.3 Å². The number of likely N-dealkylation sites (N-methyl/N-ethyl adjacent to an activating group) is 1. The van der Waals surface area contributed by atoms with Crippen molar-refractivity contribution in [1.82, 2.24) is 14.7 Å². The Morgan fingerprint density at radius 1 is 0.839 bits per heavy atom. The number of nitrogens with zero attached hydrogens (tertiary/aromatic N) is 4. The highest BCUT2D eigenvalue weighted by atomic mass is 32.2. The van der Waals surface area contributed by atoms with Crippen molar-refractivity contribution in [2.75, 3.05) is 63.8 Å². The predicted molar refractivity (Wildman–Crippen MR) is 129 cm³/mol. The summed E-state index contributed by atoms with van der Waals surface area (Å²) in [5.74, 6) is 0.263. The molecule has 0 saturated carbocycles. The van der Waals surface area contributed by atoms with Gasteiger partial charge in [0.15, 0.2) is 0 Å². The first-order valence-corrected chi connectivity index (χ1v) is 12.4. The molecular formula is C25H34N4OS. The van der Waals surface area contributed by atoms with E-state index in [2.05, 4.69) is 77.1 Å². The lowest BCUT2D eigenvalue weighted by molar-refractivity contribution is -0.132. The molecule has 1 fully saturated rings. The standard InChI is InChI=1S/C25H34N4OS/c1-3-28(4-2)25(30)20-27-18-16-26(17-19-27)14-9-15-29-21-10-5-7-12-23(21)31-24-13-8-6-11-22(24)29/h5-8,10-13H,3-4,9,14-20H2,1-2H3. The van der Waals surface area contributed by atoms with Gasteiger partial charge in [-0.3, -0.25) is 9.69 Å². The Morgan fingerprint density at radius 3 is 1.97 bits per heavy atom. The third-order valence-corrected chi connectivity index (χ3v) is 7.46. The second-order valence-electron chi connectivity index (χ2n) is 8.23. The maximum absolute atomic E-state index is 12.4. The second kappa shape index (κ2) is 10.5. The van der Waals surface area contributed by atoms with Gasteiger partial charge in [-0.15, -0.1) is 0 Å². The molecule has 0 unspecified atom stereocenters. The van der Waals surface area contributed by atoms with Crippen molar-refractivity contribution in [3.8, 4) is 0 Å². The van der Waals surface area contributed by atoms with Crippen LogP contribution in [0.3, 0.4) is 0 Å². The monoisotopic (exact) mass is 438 g/mol. The molecule has 0 spiro atoms. The number of amides is 1. The first-order chi connectivity index (χ1) is 15.2. The van der Waals surface area contributed by atoms with Crippen LogP contribution in [0.4, 0.5) is 11.4 Å². The molecular weight excluding hydrogens is 404 g/mol. The number of fused-ring (bicyclic) bond motifs is 2. The summed E-state index contributed by atoms with van der Waals surface area (Å²) in [7, 11) is 0. The fourth-order valence-corrected chi connectivity index (χ4v) is 5.61. The van der Waals surface area contributed by atoms with Gasteiger partial charge in [-0.1, -0.05) is 36.0 Å². The lowest BCUT2D eigenvalue weighted by Gasteiger charge is -2.36. The molecule has 0 radical (unpaired) electrons. The number of carbonyl (C=O) groups excluding carboxylic acids is 1. The Bertz CT molecular complexity index is 832. The normalized spacial score (nSPS) is 16.6. The van der Waals surface area contributed by atoms with Crippen molar-refractivity contribution in [2.45, 2.75) is 30.1 Å². The fraction of sp³-hybridized carbons (Fsp3) is 0.480. The van der Waals surface area contributed by atoms with E-state index in [0.717, 1.165) is 58.8 Å². The molecule has 0 aromatic heterocycles. The van der Waals surface area contributed by atoms with E-state index >= 15 is 0 Å². The van der Waals surface area contributed by atoms with Gasteiger partial charge in [-0.05, 0) is 51.1 Å². The Kier molecular flexibility index (Phi) is 7.54. The van der Waals surface area contributed by atoms with Crippen molar-refractivity contribution in [3.63, 3.8) is 0 Å². The average Bonchev–Trinajstić information content (AvgIpc) is 2.80. The van der Waals surface area contributed by atoms with Crippen LogP contribution in [0, 0.1) is 0 Å². The summed E-state index contributed by atoms with van der Waals surface area (Å²) in [6.45, 7) is 12.5.